The lowest BCUT2D eigenvalue weighted by Gasteiger charge is -2.34. The molecule has 2 aromatic carbocycles. The van der Waals surface area contributed by atoms with Gasteiger partial charge >= 0.3 is 5.97 Å². The Morgan fingerprint density at radius 1 is 1.14 bits per heavy atom. The van der Waals surface area contributed by atoms with Crippen LogP contribution in [0.25, 0.3) is 10.2 Å². The van der Waals surface area contributed by atoms with Gasteiger partial charge in [-0.05, 0) is 56.5 Å². The highest BCUT2D eigenvalue weighted by Gasteiger charge is 2.32. The maximum Gasteiger partial charge on any atom is 0.326 e. The quantitative estimate of drug-likeness (QED) is 0.409. The third-order valence-corrected chi connectivity index (χ3v) is 9.23. The van der Waals surface area contributed by atoms with Crippen LogP contribution in [0.1, 0.15) is 49.9 Å². The molecule has 3 aromatic rings. The van der Waals surface area contributed by atoms with Gasteiger partial charge in [-0.15, -0.1) is 0 Å². The lowest BCUT2D eigenvalue weighted by Crippen LogP contribution is -2.43. The number of halogens is 2. The van der Waals surface area contributed by atoms with E-state index >= 15 is 0 Å². The smallest absolute Gasteiger partial charge is 0.326 e. The van der Waals surface area contributed by atoms with Crippen molar-refractivity contribution in [1.29, 1.82) is 0 Å². The molecular weight excluding hydrogens is 524 g/mol. The molecule has 12 heteroatoms. The second-order valence-corrected chi connectivity index (χ2v) is 11.5. The van der Waals surface area contributed by atoms with Crippen LogP contribution in [0.3, 0.4) is 0 Å². The van der Waals surface area contributed by atoms with Crippen LogP contribution in [-0.4, -0.2) is 48.4 Å². The van der Waals surface area contributed by atoms with Crippen molar-refractivity contribution < 1.29 is 31.5 Å². The number of sulfonamides is 1. The number of thiazole rings is 1. The minimum absolute atomic E-state index is 0.0200. The summed E-state index contributed by atoms with van der Waals surface area (Å²) >= 11 is 0.849. The number of amides is 1. The Balaban J connectivity index is 1.68. The second-order valence-electron chi connectivity index (χ2n) is 8.63. The zero-order valence-electron chi connectivity index (χ0n) is 20.4. The minimum atomic E-state index is -3.72. The van der Waals surface area contributed by atoms with Crippen LogP contribution in [0, 0.1) is 11.6 Å². The van der Waals surface area contributed by atoms with Crippen LogP contribution in [0.2, 0.25) is 0 Å². The number of carbonyl (C=O) groups excluding carboxylic acids is 2. The van der Waals surface area contributed by atoms with Crippen LogP contribution in [0.15, 0.2) is 46.3 Å². The summed E-state index contributed by atoms with van der Waals surface area (Å²) in [6.45, 7) is 3.73. The third kappa shape index (κ3) is 5.65. The lowest BCUT2D eigenvalue weighted by molar-refractivity contribution is -0.143. The van der Waals surface area contributed by atoms with Gasteiger partial charge in [-0.3, -0.25) is 9.59 Å². The number of rotatable bonds is 7. The summed E-state index contributed by atoms with van der Waals surface area (Å²) in [5.41, 5.74) is 0.0379. The van der Waals surface area contributed by atoms with E-state index in [2.05, 4.69) is 4.99 Å². The normalized spacial score (nSPS) is 17.3. The van der Waals surface area contributed by atoms with Gasteiger partial charge in [0.25, 0.3) is 5.91 Å². The Bertz CT molecular complexity index is 1500. The van der Waals surface area contributed by atoms with Gasteiger partial charge in [0.15, 0.2) is 10.6 Å². The molecule has 0 aliphatic carbocycles. The maximum atomic E-state index is 14.6. The summed E-state index contributed by atoms with van der Waals surface area (Å²) in [6.07, 6.45) is 3.33. The molecule has 1 atom stereocenters. The SMILES string of the molecule is CCOC(=O)Cn1c(=NC(=O)c2ccc(S(=O)(=O)N3CCCCC3CC)cc2)sc2cc(F)cc(F)c21. The molecule has 0 radical (unpaired) electrons. The topological polar surface area (TPSA) is 98.0 Å². The van der Waals surface area contributed by atoms with Crippen LogP contribution >= 0.6 is 11.3 Å². The predicted molar refractivity (Wildman–Crippen MR) is 135 cm³/mol. The van der Waals surface area contributed by atoms with E-state index in [4.69, 9.17) is 4.74 Å². The van der Waals surface area contributed by atoms with Gasteiger partial charge in [0.1, 0.15) is 12.4 Å². The molecule has 1 aliphatic heterocycles. The molecule has 0 saturated carbocycles. The lowest BCUT2D eigenvalue weighted by atomic mass is 10.0. The zero-order chi connectivity index (χ0) is 26.7. The van der Waals surface area contributed by atoms with Crippen molar-refractivity contribution in [1.82, 2.24) is 8.87 Å². The van der Waals surface area contributed by atoms with Crippen LogP contribution < -0.4 is 4.80 Å². The number of ether oxygens (including phenoxy) is 1. The van der Waals surface area contributed by atoms with Gasteiger partial charge in [-0.25, -0.2) is 17.2 Å². The zero-order valence-corrected chi connectivity index (χ0v) is 22.1. The number of benzene rings is 2. The van der Waals surface area contributed by atoms with E-state index in [1.54, 1.807) is 6.92 Å². The highest BCUT2D eigenvalue weighted by molar-refractivity contribution is 7.89. The summed E-state index contributed by atoms with van der Waals surface area (Å²) in [7, 11) is -3.72. The standard InChI is InChI=1S/C25H27F2N3O5S2/c1-3-18-7-5-6-12-30(18)37(33,34)19-10-8-16(9-11-19)24(32)28-25-29(15-22(31)35-4-2)23-20(27)13-17(26)14-21(23)36-25/h8-11,13-14,18H,3-7,12,15H2,1-2H3. The van der Waals surface area contributed by atoms with Gasteiger partial charge in [-0.2, -0.15) is 9.30 Å². The van der Waals surface area contributed by atoms with Gasteiger partial charge in [-0.1, -0.05) is 24.7 Å². The molecule has 198 valence electrons. The van der Waals surface area contributed by atoms with Crippen LogP contribution in [-0.2, 0) is 26.1 Å². The fourth-order valence-electron chi connectivity index (χ4n) is 4.45. The van der Waals surface area contributed by atoms with Crippen molar-refractivity contribution in [2.45, 2.75) is 57.0 Å². The van der Waals surface area contributed by atoms with E-state index in [1.807, 2.05) is 6.92 Å². The van der Waals surface area contributed by atoms with Gasteiger partial charge < -0.3 is 9.30 Å². The molecule has 1 saturated heterocycles. The average molecular weight is 552 g/mol. The highest BCUT2D eigenvalue weighted by atomic mass is 32.2. The first-order valence-corrected chi connectivity index (χ1v) is 14.3. The largest absolute Gasteiger partial charge is 0.465 e. The van der Waals surface area contributed by atoms with Crippen molar-refractivity contribution in [3.63, 3.8) is 0 Å². The van der Waals surface area contributed by atoms with E-state index in [1.165, 1.54) is 33.1 Å². The van der Waals surface area contributed by atoms with Gasteiger partial charge in [0, 0.05) is 24.2 Å². The van der Waals surface area contributed by atoms with Gasteiger partial charge in [0.05, 0.1) is 21.7 Å². The summed E-state index contributed by atoms with van der Waals surface area (Å²) < 4.78 is 62.6. The first-order chi connectivity index (χ1) is 17.6. The van der Waals surface area contributed by atoms with E-state index < -0.39 is 40.1 Å². The molecule has 1 amide bonds. The monoisotopic (exact) mass is 551 g/mol. The summed E-state index contributed by atoms with van der Waals surface area (Å²) in [5.74, 6) is -3.10. The van der Waals surface area contributed by atoms with E-state index in [0.717, 1.165) is 43.1 Å². The Hall–Kier alpha value is -2.96. The fraction of sp³-hybridized carbons (Fsp3) is 0.400. The molecule has 0 N–H and O–H groups in total. The molecule has 4 rings (SSSR count). The Morgan fingerprint density at radius 2 is 1.86 bits per heavy atom. The summed E-state index contributed by atoms with van der Waals surface area (Å²) in [4.78, 5) is 29.2. The third-order valence-electron chi connectivity index (χ3n) is 6.24. The Morgan fingerprint density at radius 3 is 2.54 bits per heavy atom. The van der Waals surface area contributed by atoms with E-state index in [0.29, 0.717) is 12.6 Å². The Kier molecular flexibility index (Phi) is 8.20. The molecule has 0 bridgehead atoms. The first kappa shape index (κ1) is 27.1. The van der Waals surface area contributed by atoms with Crippen LogP contribution in [0.4, 0.5) is 8.78 Å². The van der Waals surface area contributed by atoms with Crippen LogP contribution in [0.5, 0.6) is 0 Å². The number of hydrogen-bond acceptors (Lipinski definition) is 6. The molecule has 8 nitrogen and oxygen atoms in total. The molecule has 1 unspecified atom stereocenters. The number of carbonyl (C=O) groups is 2. The number of hydrogen-bond donors (Lipinski definition) is 0. The van der Waals surface area contributed by atoms with Crippen molar-refractivity contribution in [3.05, 3.63) is 58.4 Å². The van der Waals surface area contributed by atoms with Crippen molar-refractivity contribution in [2.75, 3.05) is 13.2 Å². The molecule has 1 fully saturated rings. The first-order valence-electron chi connectivity index (χ1n) is 12.0. The van der Waals surface area contributed by atoms with Crippen molar-refractivity contribution in [2.24, 2.45) is 4.99 Å². The fourth-order valence-corrected chi connectivity index (χ4v) is 7.29. The number of fused-ring (bicyclic) bond motifs is 1. The van der Waals surface area contributed by atoms with Crippen molar-refractivity contribution in [3.8, 4) is 0 Å². The average Bonchev–Trinajstić information content (AvgIpc) is 3.20. The second kappa shape index (κ2) is 11.2. The number of aromatic nitrogens is 1. The predicted octanol–water partition coefficient (Wildman–Crippen LogP) is 4.24. The molecule has 1 aliphatic rings. The number of piperidine rings is 1. The number of esters is 1. The van der Waals surface area contributed by atoms with Crippen molar-refractivity contribution >= 4 is 43.5 Å². The van der Waals surface area contributed by atoms with E-state index in [9.17, 15) is 26.8 Å². The maximum absolute atomic E-state index is 14.6. The summed E-state index contributed by atoms with van der Waals surface area (Å²) in [5, 5.41) is 0. The highest BCUT2D eigenvalue weighted by Crippen LogP contribution is 2.27. The molecule has 0 spiro atoms. The minimum Gasteiger partial charge on any atom is -0.465 e. The molecule has 37 heavy (non-hydrogen) atoms. The molecular formula is C25H27F2N3O5S2. The number of nitrogens with zero attached hydrogens (tertiary/aromatic N) is 3. The summed E-state index contributed by atoms with van der Waals surface area (Å²) in [6, 6.07) is 7.20. The van der Waals surface area contributed by atoms with E-state index in [-0.39, 0.29) is 38.1 Å². The molecule has 2 heterocycles. The molecule has 1 aromatic heterocycles. The van der Waals surface area contributed by atoms with Gasteiger partial charge in [0.2, 0.25) is 10.0 Å². The Labute approximate surface area is 217 Å².